The van der Waals surface area contributed by atoms with Crippen LogP contribution in [-0.2, 0) is 11.2 Å². The van der Waals surface area contributed by atoms with E-state index >= 15 is 0 Å². The molecule has 0 radical (unpaired) electrons. The smallest absolute Gasteiger partial charge is 0.233 e. The number of halogens is 3. The molecular weight excluding hydrogens is 421 g/mol. The highest BCUT2D eigenvalue weighted by molar-refractivity contribution is 6.36. The van der Waals surface area contributed by atoms with Crippen molar-refractivity contribution in [2.24, 2.45) is 0 Å². The number of amides is 1. The van der Waals surface area contributed by atoms with Crippen LogP contribution in [-0.4, -0.2) is 15.5 Å². The van der Waals surface area contributed by atoms with Gasteiger partial charge in [-0.2, -0.15) is 4.98 Å². The van der Waals surface area contributed by atoms with Gasteiger partial charge in [0.2, 0.25) is 11.5 Å². The van der Waals surface area contributed by atoms with Crippen LogP contribution in [0.3, 0.4) is 0 Å². The van der Waals surface area contributed by atoms with E-state index in [1.165, 1.54) is 4.57 Å². The summed E-state index contributed by atoms with van der Waals surface area (Å²) in [6, 6.07) is 12.0. The predicted octanol–water partition coefficient (Wildman–Crippen LogP) is 4.17. The molecule has 1 atom stereocenters. The second kappa shape index (κ2) is 7.13. The summed E-state index contributed by atoms with van der Waals surface area (Å²) in [5.41, 5.74) is 8.09. The number of fused-ring (bicyclic) bond motifs is 1. The largest absolute Gasteiger partial charge is 0.384 e. The Morgan fingerprint density at radius 1 is 1.11 bits per heavy atom. The van der Waals surface area contributed by atoms with Gasteiger partial charge in [0.25, 0.3) is 0 Å². The molecule has 1 amide bonds. The van der Waals surface area contributed by atoms with Gasteiger partial charge in [-0.3, -0.25) is 14.8 Å². The number of hydrogen-bond donors (Lipinski definition) is 3. The third-order valence-corrected chi connectivity index (χ3v) is 5.58. The Hall–Kier alpha value is -2.54. The van der Waals surface area contributed by atoms with E-state index in [0.717, 1.165) is 0 Å². The highest BCUT2D eigenvalue weighted by Gasteiger charge is 2.33. The zero-order chi connectivity index (χ0) is 20.0. The van der Waals surface area contributed by atoms with Crippen LogP contribution in [0.5, 0.6) is 0 Å². The molecule has 1 aliphatic rings. The Morgan fingerprint density at radius 3 is 2.39 bits per heavy atom. The molecule has 0 bridgehead atoms. The number of carbonyl (C=O) groups excluding carboxylic acids is 1. The summed E-state index contributed by atoms with van der Waals surface area (Å²) in [5.74, 6) is -0.325. The monoisotopic (exact) mass is 433 g/mol. The number of nitrogens with two attached hydrogens (primary N) is 1. The van der Waals surface area contributed by atoms with E-state index < -0.39 is 5.92 Å². The fraction of sp³-hybridized carbons (Fsp3) is 0.105. The Bertz CT molecular complexity index is 1140. The lowest BCUT2D eigenvalue weighted by Crippen LogP contribution is -2.35. The van der Waals surface area contributed by atoms with Crippen molar-refractivity contribution in [3.63, 3.8) is 0 Å². The van der Waals surface area contributed by atoms with E-state index in [-0.39, 0.29) is 23.8 Å². The van der Waals surface area contributed by atoms with Crippen LogP contribution in [0.15, 0.2) is 42.5 Å². The number of aromatic nitrogens is 2. The number of carbonyl (C=O) groups is 1. The van der Waals surface area contributed by atoms with Crippen molar-refractivity contribution >= 4 is 52.3 Å². The first-order valence-corrected chi connectivity index (χ1v) is 9.47. The molecule has 6 nitrogen and oxygen atoms in total. The molecule has 3 aromatic rings. The lowest BCUT2D eigenvalue weighted by molar-refractivity contribution is -0.117. The molecule has 1 unspecified atom stereocenters. The van der Waals surface area contributed by atoms with Gasteiger partial charge in [-0.15, -0.1) is 0 Å². The van der Waals surface area contributed by atoms with Gasteiger partial charge in [0.15, 0.2) is 0 Å². The number of nitrogens with zero attached hydrogens (tertiary/aromatic N) is 2. The standard InChI is InChI=1S/C19H14Cl3N5O/c20-9-4-6-10(7-5-9)27-16(23)12-8-11(15-13(21)2-1-3-14(15)22)18(28)25-17(12)26-19(27)24/h1-7,11H,8,23H2,(H2,24,25,26,28). The molecule has 1 aliphatic heterocycles. The number of rotatable bonds is 2. The molecule has 4 rings (SSSR count). The zero-order valence-corrected chi connectivity index (χ0v) is 16.6. The maximum absolute atomic E-state index is 12.7. The zero-order valence-electron chi connectivity index (χ0n) is 14.3. The van der Waals surface area contributed by atoms with Crippen LogP contribution >= 0.6 is 34.8 Å². The summed E-state index contributed by atoms with van der Waals surface area (Å²) in [5, 5.41) is 12.4. The minimum Gasteiger partial charge on any atom is -0.384 e. The van der Waals surface area contributed by atoms with Crippen molar-refractivity contribution in [2.75, 3.05) is 11.1 Å². The Labute approximate surface area is 175 Å². The summed E-state index contributed by atoms with van der Waals surface area (Å²) >= 11 is 18.6. The summed E-state index contributed by atoms with van der Waals surface area (Å²) in [6.45, 7) is 0. The molecule has 142 valence electrons. The van der Waals surface area contributed by atoms with Crippen LogP contribution in [0.1, 0.15) is 17.0 Å². The Morgan fingerprint density at radius 2 is 1.75 bits per heavy atom. The molecule has 4 N–H and O–H groups in total. The molecule has 2 aromatic carbocycles. The molecular formula is C19H14Cl3N5O. The van der Waals surface area contributed by atoms with E-state index in [2.05, 4.69) is 10.3 Å². The van der Waals surface area contributed by atoms with Crippen LogP contribution in [0.25, 0.3) is 5.69 Å². The van der Waals surface area contributed by atoms with Gasteiger partial charge in [0.05, 0.1) is 11.6 Å². The van der Waals surface area contributed by atoms with Crippen molar-refractivity contribution in [2.45, 2.75) is 12.3 Å². The molecule has 28 heavy (non-hydrogen) atoms. The minimum absolute atomic E-state index is 0.104. The van der Waals surface area contributed by atoms with Crippen LogP contribution < -0.4 is 16.7 Å². The van der Waals surface area contributed by atoms with Crippen LogP contribution in [0, 0.1) is 5.41 Å². The SMILES string of the molecule is N=c1nc2c(c(N)n1-c1ccc(Cl)cc1)CC(c1c(Cl)cccc1Cl)C(=O)N2. The molecule has 0 fully saturated rings. The third-order valence-electron chi connectivity index (χ3n) is 4.66. The average molecular weight is 435 g/mol. The van der Waals surface area contributed by atoms with Gasteiger partial charge in [-0.1, -0.05) is 40.9 Å². The number of nitrogen functional groups attached to an aromatic ring is 1. The van der Waals surface area contributed by atoms with Crippen molar-refractivity contribution in [3.8, 4) is 5.69 Å². The van der Waals surface area contributed by atoms with Crippen molar-refractivity contribution in [1.82, 2.24) is 9.55 Å². The fourth-order valence-electron chi connectivity index (χ4n) is 3.33. The number of anilines is 2. The molecule has 9 heteroatoms. The van der Waals surface area contributed by atoms with Crippen molar-refractivity contribution in [1.29, 1.82) is 5.41 Å². The van der Waals surface area contributed by atoms with E-state index in [0.29, 0.717) is 37.7 Å². The van der Waals surface area contributed by atoms with E-state index in [9.17, 15) is 4.79 Å². The third kappa shape index (κ3) is 3.13. The van der Waals surface area contributed by atoms with Crippen LogP contribution in [0.4, 0.5) is 11.6 Å². The van der Waals surface area contributed by atoms with Gasteiger partial charge in [-0.05, 0) is 42.8 Å². The average Bonchev–Trinajstić information content (AvgIpc) is 2.64. The summed E-state index contributed by atoms with van der Waals surface area (Å²) in [6.07, 6.45) is 0.261. The number of hydrogen-bond acceptors (Lipinski definition) is 4. The summed E-state index contributed by atoms with van der Waals surface area (Å²) in [4.78, 5) is 16.9. The maximum atomic E-state index is 12.7. The molecule has 0 saturated heterocycles. The molecule has 1 aromatic heterocycles. The highest BCUT2D eigenvalue weighted by Crippen LogP contribution is 2.39. The van der Waals surface area contributed by atoms with Gasteiger partial charge in [-0.25, -0.2) is 0 Å². The second-order valence-corrected chi connectivity index (χ2v) is 7.59. The highest BCUT2D eigenvalue weighted by atomic mass is 35.5. The number of nitrogens with one attached hydrogen (secondary N) is 2. The molecule has 0 aliphatic carbocycles. The first-order valence-electron chi connectivity index (χ1n) is 8.33. The van der Waals surface area contributed by atoms with E-state index in [4.69, 9.17) is 45.9 Å². The Balaban J connectivity index is 1.85. The first kappa shape index (κ1) is 18.8. The van der Waals surface area contributed by atoms with Gasteiger partial charge >= 0.3 is 0 Å². The summed E-state index contributed by atoms with van der Waals surface area (Å²) in [7, 11) is 0. The van der Waals surface area contributed by atoms with Gasteiger partial charge in [0.1, 0.15) is 11.6 Å². The molecule has 2 heterocycles. The normalized spacial score (nSPS) is 15.8. The second-order valence-electron chi connectivity index (χ2n) is 6.34. The summed E-state index contributed by atoms with van der Waals surface area (Å²) < 4.78 is 1.50. The van der Waals surface area contributed by atoms with Gasteiger partial charge < -0.3 is 11.1 Å². The fourth-order valence-corrected chi connectivity index (χ4v) is 4.11. The minimum atomic E-state index is -0.618. The molecule has 0 saturated carbocycles. The quantitative estimate of drug-likeness (QED) is 0.564. The van der Waals surface area contributed by atoms with Crippen molar-refractivity contribution < 1.29 is 4.79 Å². The number of benzene rings is 2. The molecule has 0 spiro atoms. The topological polar surface area (TPSA) is 96.8 Å². The van der Waals surface area contributed by atoms with Crippen molar-refractivity contribution in [3.05, 3.63) is 74.3 Å². The van der Waals surface area contributed by atoms with Gasteiger partial charge in [0, 0.05) is 26.2 Å². The Kier molecular flexibility index (Phi) is 4.79. The lowest BCUT2D eigenvalue weighted by atomic mass is 9.88. The van der Waals surface area contributed by atoms with E-state index in [1.807, 2.05) is 0 Å². The maximum Gasteiger partial charge on any atom is 0.233 e. The lowest BCUT2D eigenvalue weighted by Gasteiger charge is -2.27. The van der Waals surface area contributed by atoms with Crippen LogP contribution in [0.2, 0.25) is 15.1 Å². The van der Waals surface area contributed by atoms with E-state index in [1.54, 1.807) is 42.5 Å². The predicted molar refractivity (Wildman–Crippen MR) is 110 cm³/mol. The first-order chi connectivity index (χ1) is 13.4.